The van der Waals surface area contributed by atoms with Gasteiger partial charge >= 0.3 is 0 Å². The average molecular weight is 307 g/mol. The van der Waals surface area contributed by atoms with Crippen LogP contribution in [0.25, 0.3) is 0 Å². The van der Waals surface area contributed by atoms with Crippen molar-refractivity contribution in [3.8, 4) is 0 Å². The zero-order valence-corrected chi connectivity index (χ0v) is 15.6. The standard InChI is InChI=1S/C22H42/c1-3-4-5-6-7-8-9-10-11-12-20-14-16-22(18-20)21-15-13-19(2)17-21/h19-22H,3-18H2,1-2H3/t19-,20?,21?,22-/m1/s1. The van der Waals surface area contributed by atoms with E-state index in [-0.39, 0.29) is 0 Å². The summed E-state index contributed by atoms with van der Waals surface area (Å²) in [5.41, 5.74) is 0. The number of unbranched alkanes of at least 4 members (excludes halogenated alkanes) is 8. The molecular weight excluding hydrogens is 264 g/mol. The van der Waals surface area contributed by atoms with Crippen LogP contribution in [-0.2, 0) is 0 Å². The molecule has 0 aromatic heterocycles. The van der Waals surface area contributed by atoms with E-state index in [4.69, 9.17) is 0 Å². The SMILES string of the molecule is CCCCCCCCCCCC1CC[C@@H](C2CC[C@@H](C)C2)C1. The van der Waals surface area contributed by atoms with Crippen LogP contribution in [0.3, 0.4) is 0 Å². The largest absolute Gasteiger partial charge is 0.0654 e. The molecule has 2 fully saturated rings. The van der Waals surface area contributed by atoms with E-state index in [9.17, 15) is 0 Å². The van der Waals surface area contributed by atoms with Gasteiger partial charge in [0.15, 0.2) is 0 Å². The summed E-state index contributed by atoms with van der Waals surface area (Å²) >= 11 is 0. The first-order valence-corrected chi connectivity index (χ1v) is 10.8. The van der Waals surface area contributed by atoms with Gasteiger partial charge in [-0.2, -0.15) is 0 Å². The maximum Gasteiger partial charge on any atom is -0.0383 e. The predicted molar refractivity (Wildman–Crippen MR) is 99.2 cm³/mol. The second-order valence-corrected chi connectivity index (χ2v) is 8.73. The Kier molecular flexibility index (Phi) is 8.93. The average Bonchev–Trinajstić information content (AvgIpc) is 3.14. The van der Waals surface area contributed by atoms with Crippen LogP contribution in [0.5, 0.6) is 0 Å². The molecule has 2 unspecified atom stereocenters. The Morgan fingerprint density at radius 2 is 1.23 bits per heavy atom. The highest BCUT2D eigenvalue weighted by atomic mass is 14.4. The third kappa shape index (κ3) is 6.63. The van der Waals surface area contributed by atoms with Crippen LogP contribution >= 0.6 is 0 Å². The van der Waals surface area contributed by atoms with E-state index in [1.807, 2.05) is 0 Å². The molecule has 130 valence electrons. The summed E-state index contributed by atoms with van der Waals surface area (Å²) in [6.07, 6.45) is 24.2. The van der Waals surface area contributed by atoms with Crippen LogP contribution in [0.2, 0.25) is 0 Å². The van der Waals surface area contributed by atoms with Crippen LogP contribution in [0.15, 0.2) is 0 Å². The van der Waals surface area contributed by atoms with Gasteiger partial charge < -0.3 is 0 Å². The molecule has 2 rings (SSSR count). The van der Waals surface area contributed by atoms with Gasteiger partial charge in [-0.05, 0) is 49.4 Å². The van der Waals surface area contributed by atoms with Crippen LogP contribution in [0, 0.1) is 23.7 Å². The Bertz CT molecular complexity index is 269. The van der Waals surface area contributed by atoms with Gasteiger partial charge in [0.25, 0.3) is 0 Å². The van der Waals surface area contributed by atoms with Crippen molar-refractivity contribution in [1.82, 2.24) is 0 Å². The first-order valence-electron chi connectivity index (χ1n) is 10.8. The third-order valence-electron chi connectivity index (χ3n) is 6.70. The van der Waals surface area contributed by atoms with Gasteiger partial charge in [-0.1, -0.05) is 90.9 Å². The van der Waals surface area contributed by atoms with Crippen LogP contribution in [0.4, 0.5) is 0 Å². The molecule has 0 saturated heterocycles. The molecule has 0 aromatic rings. The maximum atomic E-state index is 2.47. The molecule has 0 radical (unpaired) electrons. The zero-order valence-electron chi connectivity index (χ0n) is 15.6. The molecular formula is C22H42. The number of hydrogen-bond acceptors (Lipinski definition) is 0. The summed E-state index contributed by atoms with van der Waals surface area (Å²) < 4.78 is 0. The molecule has 22 heavy (non-hydrogen) atoms. The fourth-order valence-corrected chi connectivity index (χ4v) is 5.23. The van der Waals surface area contributed by atoms with E-state index in [1.165, 1.54) is 64.2 Å². The molecule has 0 aromatic carbocycles. The molecule has 2 aliphatic rings. The fraction of sp³-hybridized carbons (Fsp3) is 1.00. The van der Waals surface area contributed by atoms with Crippen LogP contribution < -0.4 is 0 Å². The van der Waals surface area contributed by atoms with Crippen molar-refractivity contribution in [1.29, 1.82) is 0 Å². The minimum Gasteiger partial charge on any atom is -0.0654 e. The molecule has 0 heterocycles. The van der Waals surface area contributed by atoms with Crippen molar-refractivity contribution in [2.45, 2.75) is 117 Å². The first-order chi connectivity index (χ1) is 10.8. The van der Waals surface area contributed by atoms with Gasteiger partial charge in [-0.25, -0.2) is 0 Å². The van der Waals surface area contributed by atoms with Crippen LogP contribution in [0.1, 0.15) is 117 Å². The normalized spacial score (nSPS) is 31.9. The molecule has 0 nitrogen and oxygen atoms in total. The summed E-state index contributed by atoms with van der Waals surface area (Å²) in [6.45, 7) is 4.77. The third-order valence-corrected chi connectivity index (χ3v) is 6.70. The lowest BCUT2D eigenvalue weighted by molar-refractivity contribution is 0.322. The van der Waals surface area contributed by atoms with Crippen molar-refractivity contribution < 1.29 is 0 Å². The van der Waals surface area contributed by atoms with Gasteiger partial charge in [0.1, 0.15) is 0 Å². The first kappa shape index (κ1) is 18.3. The molecule has 4 atom stereocenters. The lowest BCUT2D eigenvalue weighted by atomic mass is 9.87. The summed E-state index contributed by atoms with van der Waals surface area (Å²) in [7, 11) is 0. The highest BCUT2D eigenvalue weighted by Gasteiger charge is 2.33. The fourth-order valence-electron chi connectivity index (χ4n) is 5.23. The molecule has 0 amide bonds. The highest BCUT2D eigenvalue weighted by Crippen LogP contribution is 2.45. The van der Waals surface area contributed by atoms with Gasteiger partial charge in [-0.3, -0.25) is 0 Å². The second-order valence-electron chi connectivity index (χ2n) is 8.73. The van der Waals surface area contributed by atoms with Crippen molar-refractivity contribution >= 4 is 0 Å². The van der Waals surface area contributed by atoms with E-state index >= 15 is 0 Å². The Labute approximate surface area is 140 Å². The summed E-state index contributed by atoms with van der Waals surface area (Å²) in [6, 6.07) is 0. The second kappa shape index (κ2) is 10.7. The number of hydrogen-bond donors (Lipinski definition) is 0. The molecule has 0 heteroatoms. The van der Waals surface area contributed by atoms with E-state index in [0.717, 1.165) is 23.7 Å². The Morgan fingerprint density at radius 3 is 1.86 bits per heavy atom. The van der Waals surface area contributed by atoms with Gasteiger partial charge in [-0.15, -0.1) is 0 Å². The predicted octanol–water partition coefficient (Wildman–Crippen LogP) is 7.76. The topological polar surface area (TPSA) is 0 Å². The molecule has 2 aliphatic carbocycles. The van der Waals surface area contributed by atoms with Crippen LogP contribution in [-0.4, -0.2) is 0 Å². The monoisotopic (exact) mass is 306 g/mol. The minimum absolute atomic E-state index is 1.03. The van der Waals surface area contributed by atoms with Crippen molar-refractivity contribution in [3.05, 3.63) is 0 Å². The lowest BCUT2D eigenvalue weighted by Crippen LogP contribution is -2.08. The van der Waals surface area contributed by atoms with Gasteiger partial charge in [0, 0.05) is 0 Å². The van der Waals surface area contributed by atoms with Crippen molar-refractivity contribution in [2.75, 3.05) is 0 Å². The quantitative estimate of drug-likeness (QED) is 0.342. The number of rotatable bonds is 11. The van der Waals surface area contributed by atoms with Crippen molar-refractivity contribution in [3.63, 3.8) is 0 Å². The van der Waals surface area contributed by atoms with E-state index in [0.29, 0.717) is 0 Å². The molecule has 0 N–H and O–H groups in total. The molecule has 0 bridgehead atoms. The summed E-state index contributed by atoms with van der Waals surface area (Å²) in [5, 5.41) is 0. The Morgan fingerprint density at radius 1 is 0.636 bits per heavy atom. The Hall–Kier alpha value is 0. The van der Waals surface area contributed by atoms with E-state index < -0.39 is 0 Å². The maximum absolute atomic E-state index is 2.47. The highest BCUT2D eigenvalue weighted by molar-refractivity contribution is 4.85. The zero-order chi connectivity index (χ0) is 15.6. The summed E-state index contributed by atoms with van der Waals surface area (Å²) in [5.74, 6) is 4.36. The van der Waals surface area contributed by atoms with E-state index in [2.05, 4.69) is 13.8 Å². The van der Waals surface area contributed by atoms with Crippen molar-refractivity contribution in [2.24, 2.45) is 23.7 Å². The molecule has 0 aliphatic heterocycles. The lowest BCUT2D eigenvalue weighted by Gasteiger charge is -2.18. The van der Waals surface area contributed by atoms with Gasteiger partial charge in [0.2, 0.25) is 0 Å². The molecule has 2 saturated carbocycles. The minimum atomic E-state index is 1.03. The van der Waals surface area contributed by atoms with Gasteiger partial charge in [0.05, 0.1) is 0 Å². The Balaban J connectivity index is 1.42. The van der Waals surface area contributed by atoms with E-state index in [1.54, 1.807) is 38.5 Å². The smallest absolute Gasteiger partial charge is 0.0383 e. The molecule has 0 spiro atoms. The summed E-state index contributed by atoms with van der Waals surface area (Å²) in [4.78, 5) is 0.